The second-order valence-electron chi connectivity index (χ2n) is 5.98. The summed E-state index contributed by atoms with van der Waals surface area (Å²) >= 11 is 0. The molecule has 0 radical (unpaired) electrons. The Kier molecular flexibility index (Phi) is 5.74. The van der Waals surface area contributed by atoms with Crippen molar-refractivity contribution in [2.45, 2.75) is 13.8 Å². The Bertz CT molecular complexity index is 1060. The maximum atomic E-state index is 12.9. The highest BCUT2D eigenvalue weighted by Gasteiger charge is 2.20. The maximum Gasteiger partial charge on any atom is 0.280 e. The Hall–Kier alpha value is -3.61. The van der Waals surface area contributed by atoms with Crippen LogP contribution in [0, 0.1) is 6.92 Å². The fourth-order valence-corrected chi connectivity index (χ4v) is 2.76. The van der Waals surface area contributed by atoms with Gasteiger partial charge in [0.1, 0.15) is 5.75 Å². The predicted molar refractivity (Wildman–Crippen MR) is 107 cm³/mol. The zero-order valence-electron chi connectivity index (χ0n) is 15.9. The number of benzene rings is 2. The fourth-order valence-electron chi connectivity index (χ4n) is 2.76. The average molecular weight is 379 g/mol. The van der Waals surface area contributed by atoms with Crippen LogP contribution in [0.5, 0.6) is 11.5 Å². The number of anilines is 1. The molecule has 7 heteroatoms. The summed E-state index contributed by atoms with van der Waals surface area (Å²) in [5.74, 6) is 0.136. The molecule has 3 aromatic rings. The number of para-hydroxylation sites is 3. The Balaban J connectivity index is 2.04. The van der Waals surface area contributed by atoms with Crippen molar-refractivity contribution in [2.24, 2.45) is 0 Å². The summed E-state index contributed by atoms with van der Waals surface area (Å²) < 4.78 is 11.9. The molecule has 2 aromatic carbocycles. The van der Waals surface area contributed by atoms with E-state index >= 15 is 0 Å². The van der Waals surface area contributed by atoms with E-state index in [1.54, 1.807) is 30.3 Å². The lowest BCUT2D eigenvalue weighted by atomic mass is 10.2. The van der Waals surface area contributed by atoms with E-state index in [4.69, 9.17) is 9.47 Å². The normalized spacial score (nSPS) is 10.4. The van der Waals surface area contributed by atoms with E-state index in [2.05, 4.69) is 10.4 Å². The first-order valence-corrected chi connectivity index (χ1v) is 8.82. The van der Waals surface area contributed by atoms with Crippen LogP contribution in [0.4, 0.5) is 5.69 Å². The van der Waals surface area contributed by atoms with Crippen LogP contribution in [0.1, 0.15) is 23.0 Å². The van der Waals surface area contributed by atoms with Crippen molar-refractivity contribution in [1.29, 1.82) is 0 Å². The molecule has 0 aliphatic rings. The molecule has 3 rings (SSSR count). The summed E-state index contributed by atoms with van der Waals surface area (Å²) in [6.07, 6.45) is 0. The van der Waals surface area contributed by atoms with Crippen LogP contribution in [-0.4, -0.2) is 29.4 Å². The molecule has 0 saturated carbocycles. The van der Waals surface area contributed by atoms with Gasteiger partial charge in [-0.2, -0.15) is 9.78 Å². The summed E-state index contributed by atoms with van der Waals surface area (Å²) in [5.41, 5.74) is 1.56. The van der Waals surface area contributed by atoms with E-state index in [1.165, 1.54) is 17.9 Å². The van der Waals surface area contributed by atoms with Crippen molar-refractivity contribution in [3.63, 3.8) is 0 Å². The van der Waals surface area contributed by atoms with E-state index in [1.807, 2.05) is 32.0 Å². The van der Waals surface area contributed by atoms with Gasteiger partial charge in [0.25, 0.3) is 11.5 Å². The molecule has 28 heavy (non-hydrogen) atoms. The fraction of sp³-hybridized carbons (Fsp3) is 0.190. The van der Waals surface area contributed by atoms with Crippen molar-refractivity contribution in [1.82, 2.24) is 9.78 Å². The lowest BCUT2D eigenvalue weighted by Crippen LogP contribution is -2.26. The SMILES string of the molecule is CCOc1ccccc1NC(=O)c1nn(-c2ccccc2C)c(=O)cc1OC. The van der Waals surface area contributed by atoms with Gasteiger partial charge in [-0.25, -0.2) is 0 Å². The van der Waals surface area contributed by atoms with E-state index < -0.39 is 11.5 Å². The minimum atomic E-state index is -0.508. The van der Waals surface area contributed by atoms with E-state index in [0.717, 1.165) is 5.56 Å². The number of hydrogen-bond acceptors (Lipinski definition) is 5. The molecule has 0 fully saturated rings. The number of nitrogens with zero attached hydrogens (tertiary/aromatic N) is 2. The predicted octanol–water partition coefficient (Wildman–Crippen LogP) is 3.20. The smallest absolute Gasteiger partial charge is 0.280 e. The number of rotatable bonds is 6. The number of methoxy groups -OCH3 is 1. The average Bonchev–Trinajstić information content (AvgIpc) is 2.70. The Morgan fingerprint density at radius 3 is 2.54 bits per heavy atom. The van der Waals surface area contributed by atoms with Crippen LogP contribution in [0.3, 0.4) is 0 Å². The molecule has 1 amide bonds. The third-order valence-corrected chi connectivity index (χ3v) is 4.11. The molecule has 0 atom stereocenters. The van der Waals surface area contributed by atoms with Crippen molar-refractivity contribution < 1.29 is 14.3 Å². The van der Waals surface area contributed by atoms with Crippen molar-refractivity contribution >= 4 is 11.6 Å². The van der Waals surface area contributed by atoms with E-state index in [9.17, 15) is 9.59 Å². The topological polar surface area (TPSA) is 82.5 Å². The van der Waals surface area contributed by atoms with Gasteiger partial charge in [0, 0.05) is 0 Å². The van der Waals surface area contributed by atoms with Crippen molar-refractivity contribution in [2.75, 3.05) is 19.0 Å². The molecule has 0 aliphatic carbocycles. The summed E-state index contributed by atoms with van der Waals surface area (Å²) in [4.78, 5) is 25.4. The van der Waals surface area contributed by atoms with Gasteiger partial charge in [-0.15, -0.1) is 0 Å². The molecule has 7 nitrogen and oxygen atoms in total. The molecular weight excluding hydrogens is 358 g/mol. The number of hydrogen-bond donors (Lipinski definition) is 1. The van der Waals surface area contributed by atoms with Gasteiger partial charge in [-0.1, -0.05) is 30.3 Å². The highest BCUT2D eigenvalue weighted by molar-refractivity contribution is 6.05. The Morgan fingerprint density at radius 1 is 1.11 bits per heavy atom. The minimum Gasteiger partial charge on any atom is -0.494 e. The quantitative estimate of drug-likeness (QED) is 0.711. The third kappa shape index (κ3) is 3.88. The van der Waals surface area contributed by atoms with E-state index in [0.29, 0.717) is 23.7 Å². The summed E-state index contributed by atoms with van der Waals surface area (Å²) in [7, 11) is 1.39. The largest absolute Gasteiger partial charge is 0.494 e. The molecule has 0 saturated heterocycles. The van der Waals surface area contributed by atoms with Gasteiger partial charge in [0.05, 0.1) is 31.2 Å². The zero-order chi connectivity index (χ0) is 20.1. The van der Waals surface area contributed by atoms with Crippen LogP contribution in [-0.2, 0) is 0 Å². The lowest BCUT2D eigenvalue weighted by molar-refractivity contribution is 0.101. The van der Waals surface area contributed by atoms with Crippen LogP contribution >= 0.6 is 0 Å². The molecule has 1 heterocycles. The summed E-state index contributed by atoms with van der Waals surface area (Å²) in [6, 6.07) is 15.7. The van der Waals surface area contributed by atoms with Crippen LogP contribution in [0.15, 0.2) is 59.4 Å². The molecule has 1 N–H and O–H groups in total. The molecule has 1 aromatic heterocycles. The van der Waals surface area contributed by atoms with Crippen molar-refractivity contribution in [3.05, 3.63) is 76.2 Å². The monoisotopic (exact) mass is 379 g/mol. The van der Waals surface area contributed by atoms with Gasteiger partial charge in [-0.3, -0.25) is 9.59 Å². The Labute approximate surface area is 162 Å². The number of amides is 1. The van der Waals surface area contributed by atoms with Gasteiger partial charge >= 0.3 is 0 Å². The number of aromatic nitrogens is 2. The van der Waals surface area contributed by atoms with Crippen LogP contribution in [0.25, 0.3) is 5.69 Å². The number of nitrogens with one attached hydrogen (secondary N) is 1. The maximum absolute atomic E-state index is 12.9. The number of carbonyl (C=O) groups is 1. The van der Waals surface area contributed by atoms with Crippen molar-refractivity contribution in [3.8, 4) is 17.2 Å². The zero-order valence-corrected chi connectivity index (χ0v) is 15.9. The summed E-state index contributed by atoms with van der Waals surface area (Å²) in [5, 5.41) is 7.05. The van der Waals surface area contributed by atoms with Gasteiger partial charge < -0.3 is 14.8 Å². The highest BCUT2D eigenvalue weighted by Crippen LogP contribution is 2.25. The number of ether oxygens (including phenoxy) is 2. The molecule has 0 bridgehead atoms. The van der Waals surface area contributed by atoms with Gasteiger partial charge in [-0.05, 0) is 37.6 Å². The first-order chi connectivity index (χ1) is 13.5. The second-order valence-corrected chi connectivity index (χ2v) is 5.98. The lowest BCUT2D eigenvalue weighted by Gasteiger charge is -2.14. The third-order valence-electron chi connectivity index (χ3n) is 4.11. The van der Waals surface area contributed by atoms with E-state index in [-0.39, 0.29) is 11.4 Å². The highest BCUT2D eigenvalue weighted by atomic mass is 16.5. The molecule has 0 spiro atoms. The molecule has 144 valence electrons. The molecular formula is C21H21N3O4. The molecule has 0 unspecified atom stereocenters. The number of aryl methyl sites for hydroxylation is 1. The second kappa shape index (κ2) is 8.39. The Morgan fingerprint density at radius 2 is 1.82 bits per heavy atom. The van der Waals surface area contributed by atoms with Gasteiger partial charge in [0.2, 0.25) is 0 Å². The first kappa shape index (κ1) is 19.2. The summed E-state index contributed by atoms with van der Waals surface area (Å²) in [6.45, 7) is 4.19. The molecule has 0 aliphatic heterocycles. The van der Waals surface area contributed by atoms with Crippen LogP contribution in [0.2, 0.25) is 0 Å². The number of carbonyl (C=O) groups excluding carboxylic acids is 1. The van der Waals surface area contributed by atoms with Gasteiger partial charge in [0.15, 0.2) is 11.4 Å². The van der Waals surface area contributed by atoms with Crippen LogP contribution < -0.4 is 20.3 Å². The standard InChI is InChI=1S/C21H21N3O4/c1-4-28-17-12-8-6-10-15(17)22-21(26)20-18(27-3)13-19(25)24(23-20)16-11-7-5-9-14(16)2/h5-13H,4H2,1-3H3,(H,22,26). The first-order valence-electron chi connectivity index (χ1n) is 8.82. The minimum absolute atomic E-state index is 0.00310.